The average Bonchev–Trinajstić information content (AvgIpc) is 3.09. The van der Waals surface area contributed by atoms with E-state index in [1.165, 1.54) is 24.3 Å². The van der Waals surface area contributed by atoms with Gasteiger partial charge in [0.2, 0.25) is 11.8 Å². The molecule has 1 aromatic heterocycles. The number of thiazole rings is 1. The maximum atomic E-state index is 13.6. The van der Waals surface area contributed by atoms with Crippen LogP contribution in [0.3, 0.4) is 0 Å². The van der Waals surface area contributed by atoms with Crippen molar-refractivity contribution in [1.82, 2.24) is 4.98 Å². The summed E-state index contributed by atoms with van der Waals surface area (Å²) < 4.78 is 13.6. The zero-order chi connectivity index (χ0) is 19.2. The van der Waals surface area contributed by atoms with Gasteiger partial charge in [-0.05, 0) is 30.2 Å². The summed E-state index contributed by atoms with van der Waals surface area (Å²) in [5, 5.41) is 7.80. The molecule has 5 nitrogen and oxygen atoms in total. The Balaban J connectivity index is 1.58. The molecule has 2 amide bonds. The summed E-state index contributed by atoms with van der Waals surface area (Å²) >= 11 is 1.33. The number of aryl methyl sites for hydroxylation is 1. The molecule has 1 heterocycles. The van der Waals surface area contributed by atoms with E-state index in [9.17, 15) is 14.0 Å². The van der Waals surface area contributed by atoms with Gasteiger partial charge in [0.05, 0.1) is 5.69 Å². The van der Waals surface area contributed by atoms with E-state index in [0.29, 0.717) is 22.8 Å². The molecule has 0 aliphatic rings. The van der Waals surface area contributed by atoms with E-state index in [1.807, 2.05) is 17.5 Å². The van der Waals surface area contributed by atoms with Crippen molar-refractivity contribution >= 4 is 34.0 Å². The number of rotatable bonds is 6. The van der Waals surface area contributed by atoms with Crippen LogP contribution in [0.25, 0.3) is 11.3 Å². The van der Waals surface area contributed by atoms with Gasteiger partial charge in [0, 0.05) is 30.0 Å². The SMILES string of the molecule is CC(=O)Nc1ccc(-c2csc(NC(=O)CCc3ccccc3F)n2)cc1. The quantitative estimate of drug-likeness (QED) is 0.659. The summed E-state index contributed by atoms with van der Waals surface area (Å²) in [7, 11) is 0. The Kier molecular flexibility index (Phi) is 5.93. The minimum atomic E-state index is -0.301. The summed E-state index contributed by atoms with van der Waals surface area (Å²) in [6, 6.07) is 13.7. The van der Waals surface area contributed by atoms with E-state index < -0.39 is 0 Å². The highest BCUT2D eigenvalue weighted by molar-refractivity contribution is 7.14. The van der Waals surface area contributed by atoms with E-state index >= 15 is 0 Å². The smallest absolute Gasteiger partial charge is 0.226 e. The van der Waals surface area contributed by atoms with Gasteiger partial charge in [-0.1, -0.05) is 30.3 Å². The number of aromatic nitrogens is 1. The predicted molar refractivity (Wildman–Crippen MR) is 105 cm³/mol. The fraction of sp³-hybridized carbons (Fsp3) is 0.150. The number of carbonyl (C=O) groups is 2. The predicted octanol–water partition coefficient (Wildman–Crippen LogP) is 4.48. The van der Waals surface area contributed by atoms with Crippen molar-refractivity contribution in [3.05, 3.63) is 65.3 Å². The summed E-state index contributed by atoms with van der Waals surface area (Å²) in [6.45, 7) is 1.45. The lowest BCUT2D eigenvalue weighted by Gasteiger charge is -2.04. The normalized spacial score (nSPS) is 10.4. The number of nitrogens with zero attached hydrogens (tertiary/aromatic N) is 1. The lowest BCUT2D eigenvalue weighted by atomic mass is 10.1. The lowest BCUT2D eigenvalue weighted by molar-refractivity contribution is -0.116. The Morgan fingerprint density at radius 2 is 1.81 bits per heavy atom. The molecule has 3 aromatic rings. The molecule has 0 fully saturated rings. The van der Waals surface area contributed by atoms with Gasteiger partial charge < -0.3 is 10.6 Å². The van der Waals surface area contributed by atoms with Crippen LogP contribution in [0, 0.1) is 5.82 Å². The molecule has 0 spiro atoms. The van der Waals surface area contributed by atoms with Gasteiger partial charge in [0.1, 0.15) is 5.82 Å². The van der Waals surface area contributed by atoms with Gasteiger partial charge in [-0.25, -0.2) is 9.37 Å². The van der Waals surface area contributed by atoms with Crippen molar-refractivity contribution in [3.63, 3.8) is 0 Å². The van der Waals surface area contributed by atoms with Crippen LogP contribution in [0.4, 0.5) is 15.2 Å². The third-order valence-electron chi connectivity index (χ3n) is 3.83. The molecule has 0 aliphatic heterocycles. The van der Waals surface area contributed by atoms with Crippen molar-refractivity contribution in [2.75, 3.05) is 10.6 Å². The van der Waals surface area contributed by atoms with Gasteiger partial charge in [-0.3, -0.25) is 9.59 Å². The van der Waals surface area contributed by atoms with E-state index in [0.717, 1.165) is 11.3 Å². The molecule has 0 saturated carbocycles. The number of nitrogens with one attached hydrogen (secondary N) is 2. The van der Waals surface area contributed by atoms with Crippen molar-refractivity contribution in [2.45, 2.75) is 19.8 Å². The zero-order valence-corrected chi connectivity index (χ0v) is 15.5. The maximum Gasteiger partial charge on any atom is 0.226 e. The number of halogens is 1. The molecule has 3 rings (SSSR count). The first-order valence-electron chi connectivity index (χ1n) is 8.38. The molecule has 0 radical (unpaired) electrons. The molecule has 0 bridgehead atoms. The summed E-state index contributed by atoms with van der Waals surface area (Å²) in [6.07, 6.45) is 0.516. The van der Waals surface area contributed by atoms with Gasteiger partial charge >= 0.3 is 0 Å². The largest absolute Gasteiger partial charge is 0.326 e. The van der Waals surface area contributed by atoms with E-state index in [2.05, 4.69) is 15.6 Å². The second-order valence-corrected chi connectivity index (χ2v) is 6.79. The molecule has 0 aliphatic carbocycles. The van der Waals surface area contributed by atoms with Gasteiger partial charge in [-0.2, -0.15) is 0 Å². The first kappa shape index (κ1) is 18.7. The highest BCUT2D eigenvalue weighted by Gasteiger charge is 2.10. The van der Waals surface area contributed by atoms with Crippen LogP contribution in [0.15, 0.2) is 53.9 Å². The van der Waals surface area contributed by atoms with Crippen LogP contribution < -0.4 is 10.6 Å². The van der Waals surface area contributed by atoms with Crippen LogP contribution in [-0.4, -0.2) is 16.8 Å². The van der Waals surface area contributed by atoms with Crippen LogP contribution in [0.1, 0.15) is 18.9 Å². The van der Waals surface area contributed by atoms with Crippen LogP contribution in [0.5, 0.6) is 0 Å². The molecular weight excluding hydrogens is 365 g/mol. The first-order valence-corrected chi connectivity index (χ1v) is 9.26. The van der Waals surface area contributed by atoms with Gasteiger partial charge in [0.25, 0.3) is 0 Å². The second kappa shape index (κ2) is 8.55. The fourth-order valence-electron chi connectivity index (χ4n) is 2.52. The van der Waals surface area contributed by atoms with Crippen molar-refractivity contribution in [3.8, 4) is 11.3 Å². The minimum absolute atomic E-state index is 0.128. The highest BCUT2D eigenvalue weighted by Crippen LogP contribution is 2.26. The molecule has 0 unspecified atom stereocenters. The summed E-state index contributed by atoms with van der Waals surface area (Å²) in [5.41, 5.74) is 2.85. The van der Waals surface area contributed by atoms with Gasteiger partial charge in [-0.15, -0.1) is 11.3 Å². The third kappa shape index (κ3) is 5.21. The molecule has 2 aromatic carbocycles. The summed E-state index contributed by atoms with van der Waals surface area (Å²) in [4.78, 5) is 27.5. The Bertz CT molecular complexity index is 954. The monoisotopic (exact) mass is 383 g/mol. The van der Waals surface area contributed by atoms with Crippen molar-refractivity contribution in [1.29, 1.82) is 0 Å². The van der Waals surface area contributed by atoms with Crippen LogP contribution in [-0.2, 0) is 16.0 Å². The fourth-order valence-corrected chi connectivity index (χ4v) is 3.26. The molecular formula is C20H18FN3O2S. The Hall–Kier alpha value is -3.06. The molecule has 138 valence electrons. The van der Waals surface area contributed by atoms with E-state index in [4.69, 9.17) is 0 Å². The number of hydrogen-bond acceptors (Lipinski definition) is 4. The maximum absolute atomic E-state index is 13.6. The number of benzene rings is 2. The number of amides is 2. The highest BCUT2D eigenvalue weighted by atomic mass is 32.1. The van der Waals surface area contributed by atoms with Crippen LogP contribution >= 0.6 is 11.3 Å². The van der Waals surface area contributed by atoms with Crippen LogP contribution in [0.2, 0.25) is 0 Å². The Morgan fingerprint density at radius 1 is 1.07 bits per heavy atom. The Morgan fingerprint density at radius 3 is 2.52 bits per heavy atom. The number of carbonyl (C=O) groups excluding carboxylic acids is 2. The zero-order valence-electron chi connectivity index (χ0n) is 14.7. The molecule has 27 heavy (non-hydrogen) atoms. The van der Waals surface area contributed by atoms with E-state index in [1.54, 1.807) is 30.3 Å². The Labute approximate surface area is 160 Å². The first-order chi connectivity index (χ1) is 13.0. The number of anilines is 2. The topological polar surface area (TPSA) is 71.1 Å². The van der Waals surface area contributed by atoms with Crippen molar-refractivity contribution in [2.24, 2.45) is 0 Å². The molecule has 0 saturated heterocycles. The summed E-state index contributed by atoms with van der Waals surface area (Å²) in [5.74, 6) is -0.638. The van der Waals surface area contributed by atoms with Gasteiger partial charge in [0.15, 0.2) is 5.13 Å². The molecule has 7 heteroatoms. The molecule has 2 N–H and O–H groups in total. The minimum Gasteiger partial charge on any atom is -0.326 e. The standard InChI is InChI=1S/C20H18FN3O2S/c1-13(25)22-16-9-6-15(7-10-16)18-12-27-20(23-18)24-19(26)11-8-14-4-2-3-5-17(14)21/h2-7,9-10,12H,8,11H2,1H3,(H,22,25)(H,23,24,26). The lowest BCUT2D eigenvalue weighted by Crippen LogP contribution is -2.12. The molecule has 0 atom stereocenters. The third-order valence-corrected chi connectivity index (χ3v) is 4.59. The van der Waals surface area contributed by atoms with Crippen molar-refractivity contribution < 1.29 is 14.0 Å². The van der Waals surface area contributed by atoms with E-state index in [-0.39, 0.29) is 24.1 Å². The second-order valence-electron chi connectivity index (χ2n) is 5.94. The average molecular weight is 383 g/mol. The number of hydrogen-bond donors (Lipinski definition) is 2.